The number of aromatic nitrogens is 1. The second-order valence-electron chi connectivity index (χ2n) is 2.76. The maximum atomic E-state index is 12.3. The van der Waals surface area contributed by atoms with Crippen molar-refractivity contribution >= 4 is 5.97 Å². The smallest absolute Gasteiger partial charge is 0.311 e. The van der Waals surface area contributed by atoms with Gasteiger partial charge in [-0.15, -0.1) is 0 Å². The molecule has 1 N–H and O–H groups in total. The van der Waals surface area contributed by atoms with Crippen LogP contribution in [0.1, 0.15) is 17.8 Å². The summed E-state index contributed by atoms with van der Waals surface area (Å²) in [6.45, 7) is 0. The number of halogens is 2. The van der Waals surface area contributed by atoms with Crippen molar-refractivity contribution in [2.45, 2.75) is 12.8 Å². The van der Waals surface area contributed by atoms with Crippen LogP contribution in [0.25, 0.3) is 0 Å². The highest BCUT2D eigenvalue weighted by Crippen LogP contribution is 2.25. The van der Waals surface area contributed by atoms with Gasteiger partial charge in [-0.2, -0.15) is 0 Å². The zero-order chi connectivity index (χ0) is 11.4. The fraction of sp³-hybridized carbons (Fsp3) is 0.333. The van der Waals surface area contributed by atoms with Crippen molar-refractivity contribution in [1.82, 2.24) is 4.98 Å². The van der Waals surface area contributed by atoms with Crippen molar-refractivity contribution in [3.8, 4) is 5.75 Å². The van der Waals surface area contributed by atoms with E-state index >= 15 is 0 Å². The van der Waals surface area contributed by atoms with Gasteiger partial charge in [-0.05, 0) is 12.1 Å². The maximum absolute atomic E-state index is 12.3. The van der Waals surface area contributed by atoms with Crippen molar-refractivity contribution in [3.05, 3.63) is 23.5 Å². The van der Waals surface area contributed by atoms with Gasteiger partial charge in [0.1, 0.15) is 11.4 Å². The first kappa shape index (κ1) is 11.4. The molecule has 0 aliphatic rings. The molecule has 0 bridgehead atoms. The van der Waals surface area contributed by atoms with Crippen molar-refractivity contribution in [2.24, 2.45) is 0 Å². The summed E-state index contributed by atoms with van der Waals surface area (Å²) >= 11 is 0. The first-order chi connectivity index (χ1) is 7.04. The van der Waals surface area contributed by atoms with Gasteiger partial charge in [-0.1, -0.05) is 0 Å². The molecule has 6 heteroatoms. The van der Waals surface area contributed by atoms with Crippen molar-refractivity contribution in [3.63, 3.8) is 0 Å². The summed E-state index contributed by atoms with van der Waals surface area (Å²) < 4.78 is 28.9. The average molecular weight is 217 g/mol. The Hall–Kier alpha value is -1.72. The fourth-order valence-electron chi connectivity index (χ4n) is 0.989. The molecule has 0 unspecified atom stereocenters. The quantitative estimate of drug-likeness (QED) is 0.778. The second-order valence-corrected chi connectivity index (χ2v) is 2.76. The van der Waals surface area contributed by atoms with Crippen molar-refractivity contribution in [2.75, 3.05) is 7.11 Å². The topological polar surface area (TPSA) is 59.4 Å². The minimum absolute atomic E-state index is 0.134. The predicted octanol–water partition coefficient (Wildman–Crippen LogP) is 1.44. The van der Waals surface area contributed by atoms with Gasteiger partial charge in [-0.3, -0.25) is 4.79 Å². The Balaban J connectivity index is 2.92. The lowest BCUT2D eigenvalue weighted by atomic mass is 10.2. The monoisotopic (exact) mass is 217 g/mol. The molecule has 1 aromatic rings. The van der Waals surface area contributed by atoms with Gasteiger partial charge in [0.25, 0.3) is 6.43 Å². The molecular formula is C9H9F2NO3. The van der Waals surface area contributed by atoms with E-state index in [9.17, 15) is 13.6 Å². The lowest BCUT2D eigenvalue weighted by Crippen LogP contribution is -2.07. The third kappa shape index (κ3) is 2.87. The molecule has 1 heterocycles. The molecule has 15 heavy (non-hydrogen) atoms. The van der Waals surface area contributed by atoms with Crippen LogP contribution in [0.15, 0.2) is 12.1 Å². The molecule has 82 valence electrons. The number of carbonyl (C=O) groups is 1. The summed E-state index contributed by atoms with van der Waals surface area (Å²) in [5, 5.41) is 9.04. The van der Waals surface area contributed by atoms with E-state index in [-0.39, 0.29) is 12.1 Å². The number of nitrogens with zero attached hydrogens (tertiary/aromatic N) is 1. The SMILES string of the molecule is COC(=O)Cc1ccc(O)c(C(F)F)n1. The summed E-state index contributed by atoms with van der Waals surface area (Å²) in [6.07, 6.45) is -3.07. The molecule has 0 amide bonds. The number of methoxy groups -OCH3 is 1. The molecule has 1 aromatic heterocycles. The standard InChI is InChI=1S/C9H9F2NO3/c1-15-7(14)4-5-2-3-6(13)8(12-5)9(10)11/h2-3,9,13H,4H2,1H3. The normalized spacial score (nSPS) is 10.4. The van der Waals surface area contributed by atoms with Crippen molar-refractivity contribution in [1.29, 1.82) is 0 Å². The van der Waals surface area contributed by atoms with Crippen LogP contribution in [0.4, 0.5) is 8.78 Å². The van der Waals surface area contributed by atoms with Crippen molar-refractivity contribution < 1.29 is 23.4 Å². The van der Waals surface area contributed by atoms with E-state index in [2.05, 4.69) is 9.72 Å². The van der Waals surface area contributed by atoms with E-state index in [1.807, 2.05) is 0 Å². The first-order valence-corrected chi connectivity index (χ1v) is 4.08. The highest BCUT2D eigenvalue weighted by Gasteiger charge is 2.16. The zero-order valence-electron chi connectivity index (χ0n) is 7.91. The second kappa shape index (κ2) is 4.68. The molecule has 0 saturated heterocycles. The van der Waals surface area contributed by atoms with E-state index in [1.165, 1.54) is 13.2 Å². The van der Waals surface area contributed by atoms with Gasteiger partial charge in [0, 0.05) is 0 Å². The van der Waals surface area contributed by atoms with Gasteiger partial charge in [0.05, 0.1) is 19.2 Å². The van der Waals surface area contributed by atoms with E-state index in [0.29, 0.717) is 0 Å². The molecule has 0 radical (unpaired) electrons. The molecule has 0 fully saturated rings. The number of alkyl halides is 2. The van der Waals surface area contributed by atoms with E-state index in [0.717, 1.165) is 6.07 Å². The first-order valence-electron chi connectivity index (χ1n) is 4.08. The molecule has 0 spiro atoms. The largest absolute Gasteiger partial charge is 0.506 e. The summed E-state index contributed by atoms with van der Waals surface area (Å²) in [4.78, 5) is 14.3. The maximum Gasteiger partial charge on any atom is 0.311 e. The summed E-state index contributed by atoms with van der Waals surface area (Å²) in [7, 11) is 1.19. The molecule has 0 atom stereocenters. The highest BCUT2D eigenvalue weighted by atomic mass is 19.3. The van der Waals surface area contributed by atoms with Gasteiger partial charge in [0.2, 0.25) is 0 Å². The van der Waals surface area contributed by atoms with Gasteiger partial charge < -0.3 is 9.84 Å². The number of hydrogen-bond acceptors (Lipinski definition) is 4. The summed E-state index contributed by atoms with van der Waals surface area (Å²) in [5.41, 5.74) is -0.591. The zero-order valence-corrected chi connectivity index (χ0v) is 7.91. The number of pyridine rings is 1. The van der Waals surface area contributed by atoms with E-state index in [1.54, 1.807) is 0 Å². The fourth-order valence-corrected chi connectivity index (χ4v) is 0.989. The Morgan fingerprint density at radius 3 is 2.80 bits per heavy atom. The molecular weight excluding hydrogens is 208 g/mol. The van der Waals surface area contributed by atoms with Crippen LogP contribution in [0, 0.1) is 0 Å². The minimum Gasteiger partial charge on any atom is -0.506 e. The van der Waals surface area contributed by atoms with Gasteiger partial charge in [0.15, 0.2) is 0 Å². The molecule has 0 aliphatic heterocycles. The van der Waals surface area contributed by atoms with Crippen LogP contribution in [0.5, 0.6) is 5.75 Å². The third-order valence-corrected chi connectivity index (χ3v) is 1.72. The number of esters is 1. The Bertz CT molecular complexity index is 368. The number of carbonyl (C=O) groups excluding carboxylic acids is 1. The predicted molar refractivity (Wildman–Crippen MR) is 46.6 cm³/mol. The lowest BCUT2D eigenvalue weighted by Gasteiger charge is -2.05. The number of rotatable bonds is 3. The Labute approximate surface area is 84.5 Å². The summed E-state index contributed by atoms with van der Waals surface area (Å²) in [5.74, 6) is -1.16. The number of ether oxygens (including phenoxy) is 1. The molecule has 0 aromatic carbocycles. The van der Waals surface area contributed by atoms with Crippen LogP contribution in [-0.2, 0) is 16.0 Å². The Morgan fingerprint density at radius 2 is 2.27 bits per heavy atom. The third-order valence-electron chi connectivity index (χ3n) is 1.72. The molecule has 4 nitrogen and oxygen atoms in total. The lowest BCUT2D eigenvalue weighted by molar-refractivity contribution is -0.139. The van der Waals surface area contributed by atoms with Crippen LogP contribution < -0.4 is 0 Å². The van der Waals surface area contributed by atoms with E-state index in [4.69, 9.17) is 5.11 Å². The van der Waals surface area contributed by atoms with Crippen LogP contribution in [0.2, 0.25) is 0 Å². The van der Waals surface area contributed by atoms with Crippen LogP contribution >= 0.6 is 0 Å². The Morgan fingerprint density at radius 1 is 1.60 bits per heavy atom. The number of aromatic hydroxyl groups is 1. The van der Waals surface area contributed by atoms with Gasteiger partial charge in [-0.25, -0.2) is 13.8 Å². The Kier molecular flexibility index (Phi) is 3.54. The van der Waals surface area contributed by atoms with Crippen LogP contribution in [-0.4, -0.2) is 23.2 Å². The minimum atomic E-state index is -2.87. The van der Waals surface area contributed by atoms with E-state index < -0.39 is 23.8 Å². The molecule has 0 saturated carbocycles. The highest BCUT2D eigenvalue weighted by molar-refractivity contribution is 5.71. The average Bonchev–Trinajstić information content (AvgIpc) is 2.20. The van der Waals surface area contributed by atoms with Crippen LogP contribution in [0.3, 0.4) is 0 Å². The van der Waals surface area contributed by atoms with Gasteiger partial charge >= 0.3 is 5.97 Å². The molecule has 1 rings (SSSR count). The molecule has 0 aliphatic carbocycles. The summed E-state index contributed by atoms with van der Waals surface area (Å²) in [6, 6.07) is 2.37. The number of hydrogen-bond donors (Lipinski definition) is 1.